The molecule has 1 fully saturated rings. The van der Waals surface area contributed by atoms with Gasteiger partial charge in [0, 0.05) is 38.1 Å². The van der Waals surface area contributed by atoms with Crippen LogP contribution in [0.25, 0.3) is 0 Å². The molecule has 0 spiro atoms. The summed E-state index contributed by atoms with van der Waals surface area (Å²) in [5.74, 6) is 0. The van der Waals surface area contributed by atoms with Crippen LogP contribution in [0.3, 0.4) is 0 Å². The predicted molar refractivity (Wildman–Crippen MR) is 63.0 cm³/mol. The van der Waals surface area contributed by atoms with Crippen LogP contribution < -0.4 is 5.32 Å². The molecule has 1 aliphatic heterocycles. The molecule has 1 aromatic heterocycles. The third-order valence-electron chi connectivity index (χ3n) is 2.75. The van der Waals surface area contributed by atoms with Gasteiger partial charge in [0.15, 0.2) is 5.03 Å². The maximum absolute atomic E-state index is 12.3. The zero-order valence-corrected chi connectivity index (χ0v) is 10.7. The van der Waals surface area contributed by atoms with E-state index in [0.29, 0.717) is 25.3 Å². The van der Waals surface area contributed by atoms with Crippen molar-refractivity contribution in [3.8, 4) is 0 Å². The van der Waals surface area contributed by atoms with Gasteiger partial charge in [-0.15, -0.1) is 0 Å². The van der Waals surface area contributed by atoms with Gasteiger partial charge in [0.2, 0.25) is 0 Å². The summed E-state index contributed by atoms with van der Waals surface area (Å²) >= 11 is 0. The molecule has 2 rings (SSSR count). The van der Waals surface area contributed by atoms with E-state index < -0.39 is 10.0 Å². The van der Waals surface area contributed by atoms with Crippen molar-refractivity contribution in [1.82, 2.24) is 19.6 Å². The Morgan fingerprint density at radius 1 is 1.41 bits per heavy atom. The summed E-state index contributed by atoms with van der Waals surface area (Å²) in [6.07, 6.45) is 2.90. The monoisotopic (exact) mass is 256 g/mol. The van der Waals surface area contributed by atoms with E-state index in [9.17, 15) is 8.42 Å². The van der Waals surface area contributed by atoms with Crippen LogP contribution in [0.5, 0.6) is 0 Å². The van der Waals surface area contributed by atoms with Crippen LogP contribution in [0.4, 0.5) is 0 Å². The van der Waals surface area contributed by atoms with Crippen LogP contribution in [0, 0.1) is 6.92 Å². The molecule has 1 N–H and O–H groups in total. The molecule has 1 aliphatic rings. The highest BCUT2D eigenvalue weighted by atomic mass is 32.2. The van der Waals surface area contributed by atoms with Crippen LogP contribution >= 0.6 is 0 Å². The number of hydrogen-bond donors (Lipinski definition) is 1. The van der Waals surface area contributed by atoms with Crippen molar-refractivity contribution in [2.75, 3.05) is 19.6 Å². The molecule has 2 heterocycles. The Hall–Kier alpha value is -1.05. The minimum Gasteiger partial charge on any atom is -0.312 e. The molecule has 0 aromatic carbocycles. The summed E-state index contributed by atoms with van der Waals surface area (Å²) < 4.78 is 26.2. The SMILES string of the molecule is Cc1nccnc1S(=O)(=O)N1CCNC(C)C1. The Morgan fingerprint density at radius 2 is 2.12 bits per heavy atom. The second-order valence-corrected chi connectivity index (χ2v) is 6.02. The van der Waals surface area contributed by atoms with E-state index >= 15 is 0 Å². The minimum atomic E-state index is -3.51. The fourth-order valence-electron chi connectivity index (χ4n) is 1.89. The average molecular weight is 256 g/mol. The van der Waals surface area contributed by atoms with Gasteiger partial charge in [0.25, 0.3) is 10.0 Å². The van der Waals surface area contributed by atoms with Crippen LogP contribution in [0.1, 0.15) is 12.6 Å². The van der Waals surface area contributed by atoms with E-state index in [-0.39, 0.29) is 11.1 Å². The zero-order valence-electron chi connectivity index (χ0n) is 9.92. The fraction of sp³-hybridized carbons (Fsp3) is 0.600. The summed E-state index contributed by atoms with van der Waals surface area (Å²) in [5.41, 5.74) is 0.443. The average Bonchev–Trinajstić information content (AvgIpc) is 2.29. The quantitative estimate of drug-likeness (QED) is 0.791. The van der Waals surface area contributed by atoms with Gasteiger partial charge in [0.05, 0.1) is 5.69 Å². The Labute approximate surface area is 101 Å². The number of aromatic nitrogens is 2. The van der Waals surface area contributed by atoms with Gasteiger partial charge in [-0.25, -0.2) is 13.4 Å². The van der Waals surface area contributed by atoms with Crippen molar-refractivity contribution in [3.05, 3.63) is 18.1 Å². The summed E-state index contributed by atoms with van der Waals surface area (Å²) in [5, 5.41) is 3.27. The van der Waals surface area contributed by atoms with Gasteiger partial charge < -0.3 is 5.32 Å². The van der Waals surface area contributed by atoms with Crippen LogP contribution in [-0.4, -0.2) is 48.4 Å². The van der Waals surface area contributed by atoms with E-state index in [1.807, 2.05) is 6.92 Å². The molecule has 0 amide bonds. The van der Waals surface area contributed by atoms with Crippen molar-refractivity contribution in [3.63, 3.8) is 0 Å². The van der Waals surface area contributed by atoms with Gasteiger partial charge >= 0.3 is 0 Å². The molecule has 1 atom stereocenters. The lowest BCUT2D eigenvalue weighted by molar-refractivity contribution is 0.309. The minimum absolute atomic E-state index is 0.0640. The third-order valence-corrected chi connectivity index (χ3v) is 4.65. The van der Waals surface area contributed by atoms with Crippen molar-refractivity contribution in [2.24, 2.45) is 0 Å². The second-order valence-electron chi connectivity index (χ2n) is 4.17. The Kier molecular flexibility index (Phi) is 3.41. The zero-order chi connectivity index (χ0) is 12.5. The highest BCUT2D eigenvalue weighted by molar-refractivity contribution is 7.89. The van der Waals surface area contributed by atoms with E-state index in [4.69, 9.17) is 0 Å². The number of hydrogen-bond acceptors (Lipinski definition) is 5. The van der Waals surface area contributed by atoms with Crippen LogP contribution in [0.15, 0.2) is 17.4 Å². The lowest BCUT2D eigenvalue weighted by Gasteiger charge is -2.30. The molecule has 0 radical (unpaired) electrons. The molecule has 1 unspecified atom stereocenters. The molecule has 6 nitrogen and oxygen atoms in total. The second kappa shape index (κ2) is 4.67. The highest BCUT2D eigenvalue weighted by Gasteiger charge is 2.30. The molecule has 17 heavy (non-hydrogen) atoms. The molecule has 7 heteroatoms. The largest absolute Gasteiger partial charge is 0.312 e. The Balaban J connectivity index is 2.33. The first-order chi connectivity index (χ1) is 8.01. The van der Waals surface area contributed by atoms with Crippen molar-refractivity contribution in [1.29, 1.82) is 0 Å². The summed E-state index contributed by atoms with van der Waals surface area (Å²) in [4.78, 5) is 7.91. The summed E-state index contributed by atoms with van der Waals surface area (Å²) in [7, 11) is -3.51. The Morgan fingerprint density at radius 3 is 2.76 bits per heavy atom. The van der Waals surface area contributed by atoms with Crippen LogP contribution in [0.2, 0.25) is 0 Å². The lowest BCUT2D eigenvalue weighted by Crippen LogP contribution is -2.51. The van der Waals surface area contributed by atoms with Crippen LogP contribution in [-0.2, 0) is 10.0 Å². The third kappa shape index (κ3) is 2.46. The van der Waals surface area contributed by atoms with E-state index in [1.165, 1.54) is 16.7 Å². The summed E-state index contributed by atoms with van der Waals surface area (Å²) in [6.45, 7) is 5.23. The van der Waals surface area contributed by atoms with Gasteiger partial charge in [-0.05, 0) is 13.8 Å². The van der Waals surface area contributed by atoms with Gasteiger partial charge in [0.1, 0.15) is 0 Å². The maximum Gasteiger partial charge on any atom is 0.262 e. The fourth-order valence-corrected chi connectivity index (χ4v) is 3.50. The van der Waals surface area contributed by atoms with Gasteiger partial charge in [-0.2, -0.15) is 4.31 Å². The van der Waals surface area contributed by atoms with E-state index in [1.54, 1.807) is 6.92 Å². The van der Waals surface area contributed by atoms with Crippen molar-refractivity contribution in [2.45, 2.75) is 24.9 Å². The number of rotatable bonds is 2. The predicted octanol–water partition coefficient (Wildman–Crippen LogP) is -0.233. The molecule has 1 aromatic rings. The number of aryl methyl sites for hydroxylation is 1. The van der Waals surface area contributed by atoms with E-state index in [0.717, 1.165) is 0 Å². The smallest absolute Gasteiger partial charge is 0.262 e. The molecule has 1 saturated heterocycles. The lowest BCUT2D eigenvalue weighted by atomic mass is 10.3. The van der Waals surface area contributed by atoms with Crippen molar-refractivity contribution < 1.29 is 8.42 Å². The molecular weight excluding hydrogens is 240 g/mol. The normalized spacial score (nSPS) is 22.6. The Bertz CT molecular complexity index is 503. The molecule has 0 saturated carbocycles. The molecular formula is C10H16N4O2S. The van der Waals surface area contributed by atoms with Gasteiger partial charge in [-0.1, -0.05) is 0 Å². The van der Waals surface area contributed by atoms with Crippen molar-refractivity contribution >= 4 is 10.0 Å². The number of piperazine rings is 1. The van der Waals surface area contributed by atoms with E-state index in [2.05, 4.69) is 15.3 Å². The topological polar surface area (TPSA) is 75.2 Å². The number of sulfonamides is 1. The standard InChI is InChI=1S/C10H16N4O2S/c1-8-7-14(6-5-11-8)17(15,16)10-9(2)12-3-4-13-10/h3-4,8,11H,5-7H2,1-2H3. The number of nitrogens with zero attached hydrogens (tertiary/aromatic N) is 3. The first-order valence-electron chi connectivity index (χ1n) is 5.53. The highest BCUT2D eigenvalue weighted by Crippen LogP contribution is 2.16. The first-order valence-corrected chi connectivity index (χ1v) is 6.97. The first kappa shape index (κ1) is 12.4. The molecule has 0 bridgehead atoms. The number of nitrogens with one attached hydrogen (secondary N) is 1. The molecule has 0 aliphatic carbocycles. The summed E-state index contributed by atoms with van der Waals surface area (Å²) in [6, 6.07) is 0.163. The molecule has 94 valence electrons. The van der Waals surface area contributed by atoms with Gasteiger partial charge in [-0.3, -0.25) is 4.98 Å². The maximum atomic E-state index is 12.3.